The van der Waals surface area contributed by atoms with Gasteiger partial charge in [0.15, 0.2) is 0 Å². The summed E-state index contributed by atoms with van der Waals surface area (Å²) >= 11 is 0. The van der Waals surface area contributed by atoms with Crippen molar-refractivity contribution >= 4 is 16.6 Å². The zero-order valence-electron chi connectivity index (χ0n) is 11.3. The molecule has 0 radical (unpaired) electrons. The molecule has 20 heavy (non-hydrogen) atoms. The van der Waals surface area contributed by atoms with Gasteiger partial charge in [-0.1, -0.05) is 18.2 Å². The Morgan fingerprint density at radius 3 is 3.00 bits per heavy atom. The van der Waals surface area contributed by atoms with Crippen molar-refractivity contribution in [1.29, 1.82) is 5.26 Å². The molecule has 0 spiro atoms. The van der Waals surface area contributed by atoms with Gasteiger partial charge in [0.25, 0.3) is 0 Å². The average Bonchev–Trinajstić information content (AvgIpc) is 3.31. The molecule has 0 bridgehead atoms. The summed E-state index contributed by atoms with van der Waals surface area (Å²) in [6.45, 7) is 2.23. The first-order valence-electron chi connectivity index (χ1n) is 6.98. The van der Waals surface area contributed by atoms with Crippen molar-refractivity contribution < 1.29 is 4.74 Å². The van der Waals surface area contributed by atoms with Crippen LogP contribution in [0.4, 0.5) is 5.69 Å². The lowest BCUT2D eigenvalue weighted by Gasteiger charge is -2.11. The largest absolute Gasteiger partial charge is 0.381 e. The highest BCUT2D eigenvalue weighted by Gasteiger charge is 2.20. The van der Waals surface area contributed by atoms with Crippen LogP contribution in [-0.4, -0.2) is 24.7 Å². The van der Waals surface area contributed by atoms with Crippen LogP contribution in [0.2, 0.25) is 0 Å². The standard InChI is InChI=1S/C16H17N3O/c17-9-13-10-19-15-4-2-1-3-14(15)16(13)18-7-8-20-11-12-5-6-12/h1-4,10,12H,5-8,11H2,(H,18,19). The summed E-state index contributed by atoms with van der Waals surface area (Å²) in [7, 11) is 0. The number of ether oxygens (including phenoxy) is 1. The quantitative estimate of drug-likeness (QED) is 0.817. The van der Waals surface area contributed by atoms with Crippen LogP contribution in [0.25, 0.3) is 10.9 Å². The summed E-state index contributed by atoms with van der Waals surface area (Å²) in [6, 6.07) is 10.0. The Morgan fingerprint density at radius 1 is 1.35 bits per heavy atom. The number of benzene rings is 1. The second-order valence-corrected chi connectivity index (χ2v) is 5.12. The van der Waals surface area contributed by atoms with E-state index in [1.165, 1.54) is 12.8 Å². The van der Waals surface area contributed by atoms with E-state index >= 15 is 0 Å². The van der Waals surface area contributed by atoms with E-state index in [1.807, 2.05) is 24.3 Å². The van der Waals surface area contributed by atoms with Crippen molar-refractivity contribution in [3.63, 3.8) is 0 Å². The molecule has 102 valence electrons. The van der Waals surface area contributed by atoms with Crippen molar-refractivity contribution in [3.8, 4) is 6.07 Å². The molecule has 1 aromatic heterocycles. The third-order valence-corrected chi connectivity index (χ3v) is 3.49. The minimum Gasteiger partial charge on any atom is -0.381 e. The van der Waals surface area contributed by atoms with E-state index in [9.17, 15) is 5.26 Å². The zero-order chi connectivity index (χ0) is 13.8. The molecular weight excluding hydrogens is 250 g/mol. The molecule has 1 fully saturated rings. The third kappa shape index (κ3) is 2.89. The minimum atomic E-state index is 0.575. The Balaban J connectivity index is 1.69. The molecule has 0 saturated heterocycles. The molecule has 1 aliphatic carbocycles. The number of nitriles is 1. The molecule has 2 aromatic rings. The lowest BCUT2D eigenvalue weighted by molar-refractivity contribution is 0.134. The second-order valence-electron chi connectivity index (χ2n) is 5.12. The fourth-order valence-corrected chi connectivity index (χ4v) is 2.20. The van der Waals surface area contributed by atoms with E-state index in [0.29, 0.717) is 18.7 Å². The predicted octanol–water partition coefficient (Wildman–Crippen LogP) is 2.94. The van der Waals surface area contributed by atoms with Gasteiger partial charge in [-0.15, -0.1) is 0 Å². The van der Waals surface area contributed by atoms with Crippen LogP contribution in [0.3, 0.4) is 0 Å². The highest BCUT2D eigenvalue weighted by molar-refractivity contribution is 5.93. The molecule has 0 amide bonds. The fraction of sp³-hybridized carbons (Fsp3) is 0.375. The minimum absolute atomic E-state index is 0.575. The molecule has 4 nitrogen and oxygen atoms in total. The first-order chi connectivity index (χ1) is 9.88. The summed E-state index contributed by atoms with van der Waals surface area (Å²) in [6.07, 6.45) is 4.23. The van der Waals surface area contributed by atoms with Gasteiger partial charge in [0, 0.05) is 24.7 Å². The van der Waals surface area contributed by atoms with Gasteiger partial charge >= 0.3 is 0 Å². The molecule has 0 aliphatic heterocycles. The third-order valence-electron chi connectivity index (χ3n) is 3.49. The second kappa shape index (κ2) is 5.89. The smallest absolute Gasteiger partial charge is 0.103 e. The normalized spacial score (nSPS) is 14.2. The van der Waals surface area contributed by atoms with Crippen LogP contribution in [0.1, 0.15) is 18.4 Å². The number of fused-ring (bicyclic) bond motifs is 1. The first-order valence-corrected chi connectivity index (χ1v) is 6.98. The molecule has 0 unspecified atom stereocenters. The lowest BCUT2D eigenvalue weighted by atomic mass is 10.1. The highest BCUT2D eigenvalue weighted by Crippen LogP contribution is 2.28. The van der Waals surface area contributed by atoms with Crippen LogP contribution in [0.5, 0.6) is 0 Å². The van der Waals surface area contributed by atoms with Gasteiger partial charge < -0.3 is 10.1 Å². The van der Waals surface area contributed by atoms with Crippen LogP contribution >= 0.6 is 0 Å². The molecule has 1 aromatic carbocycles. The molecule has 1 aliphatic rings. The SMILES string of the molecule is N#Cc1cnc2ccccc2c1NCCOCC1CC1. The van der Waals surface area contributed by atoms with E-state index in [1.54, 1.807) is 6.20 Å². The fourth-order valence-electron chi connectivity index (χ4n) is 2.20. The monoisotopic (exact) mass is 267 g/mol. The summed E-state index contributed by atoms with van der Waals surface area (Å²) in [5.41, 5.74) is 2.33. The summed E-state index contributed by atoms with van der Waals surface area (Å²) in [5.74, 6) is 0.784. The Labute approximate surface area is 118 Å². The van der Waals surface area contributed by atoms with Crippen molar-refractivity contribution in [2.45, 2.75) is 12.8 Å². The molecule has 1 heterocycles. The van der Waals surface area contributed by atoms with Crippen LogP contribution < -0.4 is 5.32 Å². The average molecular weight is 267 g/mol. The number of hydrogen-bond acceptors (Lipinski definition) is 4. The van der Waals surface area contributed by atoms with Gasteiger partial charge in [0.1, 0.15) is 6.07 Å². The predicted molar refractivity (Wildman–Crippen MR) is 78.5 cm³/mol. The first kappa shape index (κ1) is 12.9. The van der Waals surface area contributed by atoms with Gasteiger partial charge in [-0.05, 0) is 24.8 Å². The Kier molecular flexibility index (Phi) is 3.80. The van der Waals surface area contributed by atoms with E-state index in [-0.39, 0.29) is 0 Å². The number of nitrogens with zero attached hydrogens (tertiary/aromatic N) is 2. The molecule has 1 saturated carbocycles. The summed E-state index contributed by atoms with van der Waals surface area (Å²) in [4.78, 5) is 4.29. The van der Waals surface area contributed by atoms with Crippen LogP contribution in [0.15, 0.2) is 30.5 Å². The van der Waals surface area contributed by atoms with E-state index < -0.39 is 0 Å². The summed E-state index contributed by atoms with van der Waals surface area (Å²) < 4.78 is 5.60. The van der Waals surface area contributed by atoms with Crippen LogP contribution in [0, 0.1) is 17.2 Å². The van der Waals surface area contributed by atoms with Gasteiger partial charge in [-0.2, -0.15) is 5.26 Å². The Morgan fingerprint density at radius 2 is 2.20 bits per heavy atom. The number of nitrogens with one attached hydrogen (secondary N) is 1. The van der Waals surface area contributed by atoms with Crippen molar-refractivity contribution in [1.82, 2.24) is 4.98 Å². The van der Waals surface area contributed by atoms with Crippen LogP contribution in [-0.2, 0) is 4.74 Å². The summed E-state index contributed by atoms with van der Waals surface area (Å²) in [5, 5.41) is 13.5. The number of para-hydroxylation sites is 1. The van der Waals surface area contributed by atoms with E-state index in [4.69, 9.17) is 4.74 Å². The zero-order valence-corrected chi connectivity index (χ0v) is 11.3. The molecule has 1 N–H and O–H groups in total. The number of anilines is 1. The van der Waals surface area contributed by atoms with Gasteiger partial charge in [0.2, 0.25) is 0 Å². The van der Waals surface area contributed by atoms with Crippen molar-refractivity contribution in [2.24, 2.45) is 5.92 Å². The van der Waals surface area contributed by atoms with Gasteiger partial charge in [0.05, 0.1) is 23.4 Å². The van der Waals surface area contributed by atoms with Gasteiger partial charge in [-0.25, -0.2) is 0 Å². The topological polar surface area (TPSA) is 57.9 Å². The number of hydrogen-bond donors (Lipinski definition) is 1. The maximum Gasteiger partial charge on any atom is 0.103 e. The maximum absolute atomic E-state index is 9.20. The molecule has 0 atom stereocenters. The van der Waals surface area contributed by atoms with Gasteiger partial charge in [-0.3, -0.25) is 4.98 Å². The Hall–Kier alpha value is -2.12. The number of aromatic nitrogens is 1. The lowest BCUT2D eigenvalue weighted by Crippen LogP contribution is -2.12. The molecule has 3 rings (SSSR count). The highest BCUT2D eigenvalue weighted by atomic mass is 16.5. The molecular formula is C16H17N3O. The number of rotatable bonds is 6. The Bertz CT molecular complexity index is 644. The van der Waals surface area contributed by atoms with E-state index in [2.05, 4.69) is 16.4 Å². The number of pyridine rings is 1. The van der Waals surface area contributed by atoms with Crippen molar-refractivity contribution in [3.05, 3.63) is 36.0 Å². The van der Waals surface area contributed by atoms with Crippen molar-refractivity contribution in [2.75, 3.05) is 25.1 Å². The van der Waals surface area contributed by atoms with E-state index in [0.717, 1.165) is 29.1 Å². The molecule has 4 heteroatoms. The maximum atomic E-state index is 9.20.